The number of esters is 1. The minimum absolute atomic E-state index is 0. The maximum atomic E-state index is 11.1. The highest BCUT2D eigenvalue weighted by molar-refractivity contribution is 5.85. The first kappa shape index (κ1) is 13.9. The molecule has 0 bridgehead atoms. The predicted octanol–water partition coefficient (Wildman–Crippen LogP) is 2.27. The molecule has 15 heavy (non-hydrogen) atoms. The Morgan fingerprint density at radius 1 is 1.33 bits per heavy atom. The van der Waals surface area contributed by atoms with Gasteiger partial charge >= 0.3 is 5.97 Å². The molecule has 2 N–H and O–H groups in total. The van der Waals surface area contributed by atoms with Crippen LogP contribution in [0.1, 0.15) is 25.3 Å². The molecule has 0 heterocycles. The zero-order chi connectivity index (χ0) is 10.4. The second kappa shape index (κ2) is 7.26. The van der Waals surface area contributed by atoms with E-state index >= 15 is 0 Å². The van der Waals surface area contributed by atoms with Crippen molar-refractivity contribution in [1.29, 1.82) is 0 Å². The number of hydrogen-bond donors (Lipinski definition) is 1. The molecule has 0 atom stereocenters. The molecular weight excluding hydrogens is 214 g/mol. The summed E-state index contributed by atoms with van der Waals surface area (Å²) in [6.07, 6.45) is 1.26. The maximum Gasteiger partial charge on any atom is 0.311 e. The smallest absolute Gasteiger partial charge is 0.311 e. The topological polar surface area (TPSA) is 52.3 Å². The van der Waals surface area contributed by atoms with E-state index in [-0.39, 0.29) is 18.4 Å². The van der Waals surface area contributed by atoms with Crippen LogP contribution in [0.4, 0.5) is 0 Å². The Morgan fingerprint density at radius 3 is 2.40 bits per heavy atom. The predicted molar refractivity (Wildman–Crippen MR) is 62.1 cm³/mol. The molecule has 0 aliphatic carbocycles. The zero-order valence-corrected chi connectivity index (χ0v) is 9.55. The SMILES string of the molecule is CCCC(=O)Oc1ccc(CN)cc1.Cl. The van der Waals surface area contributed by atoms with Crippen LogP contribution in [0.2, 0.25) is 0 Å². The third-order valence-electron chi connectivity index (χ3n) is 1.84. The molecule has 0 aliphatic rings. The van der Waals surface area contributed by atoms with Crippen molar-refractivity contribution in [3.8, 4) is 5.75 Å². The van der Waals surface area contributed by atoms with Gasteiger partial charge in [0, 0.05) is 13.0 Å². The van der Waals surface area contributed by atoms with Crippen molar-refractivity contribution in [3.63, 3.8) is 0 Å². The van der Waals surface area contributed by atoms with Gasteiger partial charge in [0.1, 0.15) is 5.75 Å². The molecule has 0 aromatic heterocycles. The van der Waals surface area contributed by atoms with Gasteiger partial charge in [-0.15, -0.1) is 12.4 Å². The molecule has 0 aliphatic heterocycles. The molecule has 0 saturated heterocycles. The van der Waals surface area contributed by atoms with Crippen LogP contribution in [0.3, 0.4) is 0 Å². The molecule has 1 aromatic carbocycles. The quantitative estimate of drug-likeness (QED) is 0.637. The minimum atomic E-state index is -0.187. The molecule has 0 radical (unpaired) electrons. The molecule has 0 fully saturated rings. The molecule has 1 rings (SSSR count). The molecular formula is C11H16ClNO2. The lowest BCUT2D eigenvalue weighted by Crippen LogP contribution is -2.06. The van der Waals surface area contributed by atoms with Gasteiger partial charge in [-0.05, 0) is 24.1 Å². The first-order valence-corrected chi connectivity index (χ1v) is 4.76. The summed E-state index contributed by atoms with van der Waals surface area (Å²) in [5.74, 6) is 0.397. The summed E-state index contributed by atoms with van der Waals surface area (Å²) in [4.78, 5) is 11.1. The fourth-order valence-corrected chi connectivity index (χ4v) is 1.08. The number of carbonyl (C=O) groups excluding carboxylic acids is 1. The van der Waals surface area contributed by atoms with Crippen LogP contribution in [-0.2, 0) is 11.3 Å². The third kappa shape index (κ3) is 4.81. The average Bonchev–Trinajstić information content (AvgIpc) is 2.19. The normalized spacial score (nSPS) is 9.20. The van der Waals surface area contributed by atoms with E-state index in [2.05, 4.69) is 0 Å². The van der Waals surface area contributed by atoms with Crippen molar-refractivity contribution in [2.24, 2.45) is 5.73 Å². The second-order valence-electron chi connectivity index (χ2n) is 3.07. The Hall–Kier alpha value is -1.06. The van der Waals surface area contributed by atoms with E-state index in [0.717, 1.165) is 12.0 Å². The first-order chi connectivity index (χ1) is 6.76. The van der Waals surface area contributed by atoms with Crippen LogP contribution in [0.15, 0.2) is 24.3 Å². The standard InChI is InChI=1S/C11H15NO2.ClH/c1-2-3-11(13)14-10-6-4-9(8-12)5-7-10;/h4-7H,2-3,8,12H2,1H3;1H. The lowest BCUT2D eigenvalue weighted by atomic mass is 10.2. The largest absolute Gasteiger partial charge is 0.427 e. The summed E-state index contributed by atoms with van der Waals surface area (Å²) in [6.45, 7) is 2.45. The van der Waals surface area contributed by atoms with Crippen molar-refractivity contribution in [3.05, 3.63) is 29.8 Å². The van der Waals surface area contributed by atoms with E-state index in [0.29, 0.717) is 18.7 Å². The summed E-state index contributed by atoms with van der Waals surface area (Å²) in [6, 6.07) is 7.23. The van der Waals surface area contributed by atoms with Gasteiger partial charge in [-0.25, -0.2) is 0 Å². The van der Waals surface area contributed by atoms with Gasteiger partial charge in [-0.3, -0.25) is 4.79 Å². The van der Waals surface area contributed by atoms with Crippen molar-refractivity contribution >= 4 is 18.4 Å². The summed E-state index contributed by atoms with van der Waals surface area (Å²) in [5.41, 5.74) is 6.47. The highest BCUT2D eigenvalue weighted by Crippen LogP contribution is 2.12. The summed E-state index contributed by atoms with van der Waals surface area (Å²) >= 11 is 0. The number of carbonyl (C=O) groups is 1. The van der Waals surface area contributed by atoms with E-state index in [4.69, 9.17) is 10.5 Å². The highest BCUT2D eigenvalue weighted by Gasteiger charge is 2.02. The number of halogens is 1. The van der Waals surface area contributed by atoms with E-state index < -0.39 is 0 Å². The number of hydrogen-bond acceptors (Lipinski definition) is 3. The lowest BCUT2D eigenvalue weighted by Gasteiger charge is -2.03. The Labute approximate surface area is 96.0 Å². The van der Waals surface area contributed by atoms with Crippen molar-refractivity contribution in [1.82, 2.24) is 0 Å². The summed E-state index contributed by atoms with van der Waals surface area (Å²) < 4.78 is 5.07. The number of nitrogens with two attached hydrogens (primary N) is 1. The van der Waals surface area contributed by atoms with Gasteiger partial charge in [0.2, 0.25) is 0 Å². The van der Waals surface area contributed by atoms with Crippen LogP contribution in [0, 0.1) is 0 Å². The highest BCUT2D eigenvalue weighted by atomic mass is 35.5. The Morgan fingerprint density at radius 2 is 1.93 bits per heavy atom. The molecule has 3 nitrogen and oxygen atoms in total. The van der Waals surface area contributed by atoms with Crippen LogP contribution in [0.5, 0.6) is 5.75 Å². The molecule has 1 aromatic rings. The fourth-order valence-electron chi connectivity index (χ4n) is 1.08. The molecule has 0 spiro atoms. The zero-order valence-electron chi connectivity index (χ0n) is 8.73. The van der Waals surface area contributed by atoms with Crippen molar-refractivity contribution in [2.45, 2.75) is 26.3 Å². The van der Waals surface area contributed by atoms with E-state index in [1.807, 2.05) is 19.1 Å². The van der Waals surface area contributed by atoms with E-state index in [9.17, 15) is 4.79 Å². The molecule has 84 valence electrons. The molecule has 0 unspecified atom stereocenters. The van der Waals surface area contributed by atoms with Gasteiger partial charge in [0.05, 0.1) is 0 Å². The summed E-state index contributed by atoms with van der Waals surface area (Å²) in [5, 5.41) is 0. The van der Waals surface area contributed by atoms with Crippen molar-refractivity contribution in [2.75, 3.05) is 0 Å². The van der Waals surface area contributed by atoms with Gasteiger partial charge in [-0.1, -0.05) is 19.1 Å². The number of rotatable bonds is 4. The van der Waals surface area contributed by atoms with E-state index in [1.165, 1.54) is 0 Å². The Kier molecular flexibility index (Phi) is 6.75. The van der Waals surface area contributed by atoms with Gasteiger partial charge in [-0.2, -0.15) is 0 Å². The Balaban J connectivity index is 0.00000196. The first-order valence-electron chi connectivity index (χ1n) is 4.76. The second-order valence-corrected chi connectivity index (χ2v) is 3.07. The van der Waals surface area contributed by atoms with E-state index in [1.54, 1.807) is 12.1 Å². The third-order valence-corrected chi connectivity index (χ3v) is 1.84. The van der Waals surface area contributed by atoms with Crippen LogP contribution in [0.25, 0.3) is 0 Å². The summed E-state index contributed by atoms with van der Waals surface area (Å²) in [7, 11) is 0. The molecule has 0 amide bonds. The van der Waals surface area contributed by atoms with Crippen LogP contribution >= 0.6 is 12.4 Å². The monoisotopic (exact) mass is 229 g/mol. The van der Waals surface area contributed by atoms with Crippen molar-refractivity contribution < 1.29 is 9.53 Å². The molecule has 0 saturated carbocycles. The fraction of sp³-hybridized carbons (Fsp3) is 0.364. The number of benzene rings is 1. The minimum Gasteiger partial charge on any atom is -0.427 e. The number of ether oxygens (including phenoxy) is 1. The van der Waals surface area contributed by atoms with Crippen LogP contribution in [-0.4, -0.2) is 5.97 Å². The van der Waals surface area contributed by atoms with Gasteiger partial charge in [0.25, 0.3) is 0 Å². The van der Waals surface area contributed by atoms with Gasteiger partial charge in [0.15, 0.2) is 0 Å². The molecule has 4 heteroatoms. The van der Waals surface area contributed by atoms with Crippen LogP contribution < -0.4 is 10.5 Å². The van der Waals surface area contributed by atoms with Gasteiger partial charge < -0.3 is 10.5 Å². The maximum absolute atomic E-state index is 11.1. The Bertz CT molecular complexity index is 298. The lowest BCUT2D eigenvalue weighted by molar-refractivity contribution is -0.134. The average molecular weight is 230 g/mol.